The summed E-state index contributed by atoms with van der Waals surface area (Å²) in [5.41, 5.74) is 2.50. The number of sulfonamides is 1. The molecule has 0 spiro atoms. The monoisotopic (exact) mass is 445 g/mol. The summed E-state index contributed by atoms with van der Waals surface area (Å²) in [6.45, 7) is 0. The zero-order chi connectivity index (χ0) is 21.2. The molecule has 1 N–H and O–H groups in total. The lowest BCUT2D eigenvalue weighted by atomic mass is 9.84. The number of hydrogen-bond acceptors (Lipinski definition) is 3. The van der Waals surface area contributed by atoms with E-state index in [4.69, 9.17) is 11.6 Å². The summed E-state index contributed by atoms with van der Waals surface area (Å²) in [5.74, 6) is -1.74. The van der Waals surface area contributed by atoms with Gasteiger partial charge in [0.25, 0.3) is 0 Å². The van der Waals surface area contributed by atoms with Crippen LogP contribution < -0.4 is 4.72 Å². The fourth-order valence-electron chi connectivity index (χ4n) is 3.51. The van der Waals surface area contributed by atoms with E-state index < -0.39 is 28.4 Å². The number of aryl methyl sites for hydroxylation is 1. The first-order valence-electron chi connectivity index (χ1n) is 9.04. The van der Waals surface area contributed by atoms with Gasteiger partial charge in [0.05, 0.1) is 4.90 Å². The summed E-state index contributed by atoms with van der Waals surface area (Å²) >= 11 is 5.80. The highest BCUT2D eigenvalue weighted by Gasteiger charge is 2.37. The Morgan fingerprint density at radius 3 is 2.48 bits per heavy atom. The van der Waals surface area contributed by atoms with Crippen LogP contribution in [0.2, 0.25) is 5.02 Å². The van der Waals surface area contributed by atoms with E-state index in [1.54, 1.807) is 12.1 Å². The quantitative estimate of drug-likeness (QED) is 0.723. The molecule has 0 saturated heterocycles. The van der Waals surface area contributed by atoms with Gasteiger partial charge in [0.2, 0.25) is 15.8 Å². The van der Waals surface area contributed by atoms with Crippen molar-refractivity contribution >= 4 is 27.4 Å². The molecule has 0 fully saturated rings. The number of fused-ring (bicyclic) bond motifs is 1. The Labute approximate surface area is 172 Å². The highest BCUT2D eigenvalue weighted by atomic mass is 35.5. The molecule has 0 bridgehead atoms. The van der Waals surface area contributed by atoms with Crippen molar-refractivity contribution in [1.82, 2.24) is 4.72 Å². The summed E-state index contributed by atoms with van der Waals surface area (Å²) in [6, 6.07) is 10.8. The summed E-state index contributed by atoms with van der Waals surface area (Å²) < 4.78 is 65.1. The van der Waals surface area contributed by atoms with Crippen LogP contribution in [0.5, 0.6) is 0 Å². The Kier molecular flexibility index (Phi) is 6.36. The van der Waals surface area contributed by atoms with Gasteiger partial charge >= 0.3 is 6.18 Å². The van der Waals surface area contributed by atoms with Crippen LogP contribution in [0.4, 0.5) is 13.2 Å². The highest BCUT2D eigenvalue weighted by molar-refractivity contribution is 7.89. The van der Waals surface area contributed by atoms with E-state index in [1.165, 1.54) is 24.3 Å². The highest BCUT2D eigenvalue weighted by Crippen LogP contribution is 2.28. The van der Waals surface area contributed by atoms with E-state index in [0.29, 0.717) is 29.8 Å². The lowest BCUT2D eigenvalue weighted by Crippen LogP contribution is -2.39. The Morgan fingerprint density at radius 1 is 1.14 bits per heavy atom. The molecule has 156 valence electrons. The van der Waals surface area contributed by atoms with Gasteiger partial charge in [-0.25, -0.2) is 13.1 Å². The number of halogens is 4. The average molecular weight is 446 g/mol. The standard InChI is InChI=1S/C20H19ClF3NO3S/c21-15-5-8-17(9-6-15)29(27,28)25-16-7-10-18-13(2-1-3-14(18)12-16)4-11-19(26)20(22,23)24/h1-3,5-6,8-9,16,25H,4,7,10-12H2/t16-/m1/s1. The topological polar surface area (TPSA) is 63.2 Å². The molecule has 0 aliphatic heterocycles. The first-order valence-corrected chi connectivity index (χ1v) is 10.9. The van der Waals surface area contributed by atoms with E-state index in [2.05, 4.69) is 4.72 Å². The summed E-state index contributed by atoms with van der Waals surface area (Å²) in [6.07, 6.45) is -3.91. The molecule has 0 heterocycles. The number of benzene rings is 2. The Morgan fingerprint density at radius 2 is 1.83 bits per heavy atom. The van der Waals surface area contributed by atoms with Crippen LogP contribution >= 0.6 is 11.6 Å². The molecular weight excluding hydrogens is 427 g/mol. The number of hydrogen-bond donors (Lipinski definition) is 1. The molecule has 2 aromatic rings. The van der Waals surface area contributed by atoms with Crippen molar-refractivity contribution in [1.29, 1.82) is 0 Å². The summed E-state index contributed by atoms with van der Waals surface area (Å²) in [7, 11) is -3.71. The number of ketones is 1. The van der Waals surface area contributed by atoms with Crippen molar-refractivity contribution in [3.8, 4) is 0 Å². The van der Waals surface area contributed by atoms with Gasteiger partial charge in [0.15, 0.2) is 0 Å². The van der Waals surface area contributed by atoms with E-state index in [0.717, 1.165) is 11.1 Å². The second-order valence-electron chi connectivity index (χ2n) is 6.99. The minimum absolute atomic E-state index is 0.0166. The zero-order valence-corrected chi connectivity index (χ0v) is 16.9. The van der Waals surface area contributed by atoms with Gasteiger partial charge in [-0.3, -0.25) is 4.79 Å². The van der Waals surface area contributed by atoms with E-state index in [-0.39, 0.29) is 17.4 Å². The molecule has 1 aliphatic carbocycles. The van der Waals surface area contributed by atoms with E-state index in [9.17, 15) is 26.4 Å². The number of alkyl halides is 3. The fraction of sp³-hybridized carbons (Fsp3) is 0.350. The van der Waals surface area contributed by atoms with Gasteiger partial charge in [-0.05, 0) is 66.6 Å². The van der Waals surface area contributed by atoms with Crippen LogP contribution in [0.25, 0.3) is 0 Å². The summed E-state index contributed by atoms with van der Waals surface area (Å²) in [4.78, 5) is 11.3. The van der Waals surface area contributed by atoms with Gasteiger partial charge in [0.1, 0.15) is 0 Å². The Hall–Kier alpha value is -1.90. The Balaban J connectivity index is 1.70. The maximum Gasteiger partial charge on any atom is 0.449 e. The number of nitrogens with one attached hydrogen (secondary N) is 1. The largest absolute Gasteiger partial charge is 0.449 e. The van der Waals surface area contributed by atoms with Crippen molar-refractivity contribution in [3.63, 3.8) is 0 Å². The second kappa shape index (κ2) is 8.45. The molecule has 0 radical (unpaired) electrons. The molecule has 4 nitrogen and oxygen atoms in total. The van der Waals surface area contributed by atoms with Crippen LogP contribution in [-0.4, -0.2) is 26.4 Å². The lowest BCUT2D eigenvalue weighted by molar-refractivity contribution is -0.171. The molecule has 9 heteroatoms. The molecule has 0 amide bonds. The minimum atomic E-state index is -4.82. The summed E-state index contributed by atoms with van der Waals surface area (Å²) in [5, 5.41) is 0.437. The normalized spacial score (nSPS) is 17.0. The lowest BCUT2D eigenvalue weighted by Gasteiger charge is -2.27. The van der Waals surface area contributed by atoms with Crippen LogP contribution in [-0.2, 0) is 34.1 Å². The SMILES string of the molecule is O=C(CCc1cccc2c1CC[C@@H](NS(=O)(=O)c1ccc(Cl)cc1)C2)C(F)(F)F. The molecule has 3 rings (SSSR count). The van der Waals surface area contributed by atoms with E-state index in [1.807, 2.05) is 6.07 Å². The van der Waals surface area contributed by atoms with Crippen molar-refractivity contribution in [2.24, 2.45) is 0 Å². The number of rotatable bonds is 6. The van der Waals surface area contributed by atoms with Crippen molar-refractivity contribution in [2.75, 3.05) is 0 Å². The molecule has 1 aliphatic rings. The third-order valence-electron chi connectivity index (χ3n) is 4.96. The molecule has 2 aromatic carbocycles. The van der Waals surface area contributed by atoms with E-state index >= 15 is 0 Å². The minimum Gasteiger partial charge on any atom is -0.290 e. The molecule has 1 atom stereocenters. The predicted molar refractivity (Wildman–Crippen MR) is 103 cm³/mol. The van der Waals surface area contributed by atoms with Crippen LogP contribution in [0.1, 0.15) is 29.5 Å². The predicted octanol–water partition coefficient (Wildman–Crippen LogP) is 4.24. The Bertz CT molecular complexity index is 1000. The van der Waals surface area contributed by atoms with Gasteiger partial charge in [-0.2, -0.15) is 13.2 Å². The third-order valence-corrected chi connectivity index (χ3v) is 6.75. The zero-order valence-electron chi connectivity index (χ0n) is 15.3. The smallest absolute Gasteiger partial charge is 0.290 e. The first kappa shape index (κ1) is 21.8. The number of carbonyl (C=O) groups is 1. The van der Waals surface area contributed by atoms with Crippen LogP contribution in [0.15, 0.2) is 47.4 Å². The molecule has 0 aromatic heterocycles. The van der Waals surface area contributed by atoms with Crippen LogP contribution in [0, 0.1) is 0 Å². The molecule has 29 heavy (non-hydrogen) atoms. The average Bonchev–Trinajstić information content (AvgIpc) is 2.65. The number of Topliss-reactive ketones (excluding diaryl/α,β-unsaturated/α-hetero) is 1. The van der Waals surface area contributed by atoms with Crippen molar-refractivity contribution in [2.45, 2.75) is 49.2 Å². The molecule has 0 unspecified atom stereocenters. The van der Waals surface area contributed by atoms with Gasteiger partial charge in [-0.1, -0.05) is 29.8 Å². The number of carbonyl (C=O) groups excluding carboxylic acids is 1. The van der Waals surface area contributed by atoms with Gasteiger partial charge < -0.3 is 0 Å². The first-order chi connectivity index (χ1) is 13.6. The second-order valence-corrected chi connectivity index (χ2v) is 9.14. The van der Waals surface area contributed by atoms with Gasteiger partial charge in [0, 0.05) is 17.5 Å². The molecular formula is C20H19ClF3NO3S. The maximum absolute atomic E-state index is 12.6. The molecule has 0 saturated carbocycles. The fourth-order valence-corrected chi connectivity index (χ4v) is 4.91. The van der Waals surface area contributed by atoms with Crippen molar-refractivity contribution in [3.05, 3.63) is 64.2 Å². The maximum atomic E-state index is 12.6. The third kappa shape index (κ3) is 5.38. The van der Waals surface area contributed by atoms with Crippen LogP contribution in [0.3, 0.4) is 0 Å². The van der Waals surface area contributed by atoms with Gasteiger partial charge in [-0.15, -0.1) is 0 Å². The van der Waals surface area contributed by atoms with Crippen molar-refractivity contribution < 1.29 is 26.4 Å².